The largest absolute Gasteiger partial charge is 0.309 e. The molecule has 2 aromatic carbocycles. The van der Waals surface area contributed by atoms with E-state index in [9.17, 15) is 9.59 Å². The van der Waals surface area contributed by atoms with Gasteiger partial charge < -0.3 is 0 Å². The number of carbonyl (C=O) groups excluding carboxylic acids is 2. The molecule has 2 amide bonds. The Morgan fingerprint density at radius 2 is 1.63 bits per heavy atom. The Bertz CT molecular complexity index is 1010. The average Bonchev–Trinajstić information content (AvgIpc) is 3.54. The number of para-hydroxylation sites is 1. The van der Waals surface area contributed by atoms with Gasteiger partial charge in [-0.3, -0.25) is 20.4 Å². The molecule has 3 aromatic rings. The van der Waals surface area contributed by atoms with Crippen molar-refractivity contribution in [2.45, 2.75) is 25.7 Å². The van der Waals surface area contributed by atoms with Crippen molar-refractivity contribution in [2.75, 3.05) is 0 Å². The van der Waals surface area contributed by atoms with Crippen LogP contribution < -0.4 is 10.9 Å². The SMILES string of the molecule is O=C(NNC(=O)C1CC2CCC1C2)c1nc(-c2ccccc2)n(-c2ccccc2)n1. The molecule has 1 aromatic heterocycles. The minimum Gasteiger partial charge on any atom is -0.273 e. The first-order valence-electron chi connectivity index (χ1n) is 10.4. The van der Waals surface area contributed by atoms with E-state index in [4.69, 9.17) is 0 Å². The van der Waals surface area contributed by atoms with E-state index in [-0.39, 0.29) is 17.6 Å². The second-order valence-corrected chi connectivity index (χ2v) is 8.10. The van der Waals surface area contributed by atoms with Crippen molar-refractivity contribution in [3.63, 3.8) is 0 Å². The Hall–Kier alpha value is -3.48. The summed E-state index contributed by atoms with van der Waals surface area (Å²) in [5.41, 5.74) is 6.74. The summed E-state index contributed by atoms with van der Waals surface area (Å²) in [7, 11) is 0. The normalized spacial score (nSPS) is 22.1. The predicted molar refractivity (Wildman–Crippen MR) is 111 cm³/mol. The van der Waals surface area contributed by atoms with Gasteiger partial charge in [-0.05, 0) is 43.2 Å². The first kappa shape index (κ1) is 18.5. The number of hydrogen-bond donors (Lipinski definition) is 2. The van der Waals surface area contributed by atoms with E-state index in [0.717, 1.165) is 30.5 Å². The number of hydrogen-bond acceptors (Lipinski definition) is 4. The van der Waals surface area contributed by atoms with E-state index >= 15 is 0 Å². The fourth-order valence-corrected chi connectivity index (χ4v) is 4.76. The summed E-state index contributed by atoms with van der Waals surface area (Å²) < 4.78 is 1.64. The zero-order valence-electron chi connectivity index (χ0n) is 16.5. The lowest BCUT2D eigenvalue weighted by Crippen LogP contribution is -2.46. The van der Waals surface area contributed by atoms with Crippen LogP contribution in [0.4, 0.5) is 0 Å². The maximum Gasteiger partial charge on any atom is 0.309 e. The van der Waals surface area contributed by atoms with Gasteiger partial charge in [-0.1, -0.05) is 55.0 Å². The van der Waals surface area contributed by atoms with Gasteiger partial charge in [-0.15, -0.1) is 5.10 Å². The second kappa shape index (κ2) is 7.74. The van der Waals surface area contributed by atoms with E-state index in [2.05, 4.69) is 20.9 Å². The van der Waals surface area contributed by atoms with Crippen LogP contribution in [0.1, 0.15) is 36.3 Å². The topological polar surface area (TPSA) is 88.9 Å². The first-order valence-corrected chi connectivity index (χ1v) is 10.4. The minimum absolute atomic E-state index is 0.00114. The molecular formula is C23H23N5O2. The summed E-state index contributed by atoms with van der Waals surface area (Å²) >= 11 is 0. The number of nitrogens with one attached hydrogen (secondary N) is 2. The molecule has 3 atom stereocenters. The Morgan fingerprint density at radius 3 is 2.30 bits per heavy atom. The van der Waals surface area contributed by atoms with E-state index in [1.165, 1.54) is 6.42 Å². The lowest BCUT2D eigenvalue weighted by Gasteiger charge is -2.20. The standard InChI is InChI=1S/C23H23N5O2/c29-22(19-14-15-11-12-17(19)13-15)25-26-23(30)20-24-21(16-7-3-1-4-8-16)28(27-20)18-9-5-2-6-10-18/h1-10,15,17,19H,11-14H2,(H,25,29)(H,26,30). The van der Waals surface area contributed by atoms with Crippen LogP contribution in [0.2, 0.25) is 0 Å². The number of hydrazine groups is 1. The summed E-state index contributed by atoms with van der Waals surface area (Å²) in [6.45, 7) is 0. The molecule has 3 unspecified atom stereocenters. The molecule has 2 bridgehead atoms. The van der Waals surface area contributed by atoms with Gasteiger partial charge in [-0.2, -0.15) is 0 Å². The van der Waals surface area contributed by atoms with Crippen LogP contribution in [0.25, 0.3) is 17.1 Å². The summed E-state index contributed by atoms with van der Waals surface area (Å²) in [4.78, 5) is 29.7. The quantitative estimate of drug-likeness (QED) is 0.658. The predicted octanol–water partition coefficient (Wildman–Crippen LogP) is 3.13. The zero-order valence-corrected chi connectivity index (χ0v) is 16.5. The molecule has 2 aliphatic rings. The molecule has 2 fully saturated rings. The maximum atomic E-state index is 12.7. The van der Waals surface area contributed by atoms with Crippen molar-refractivity contribution in [3.05, 3.63) is 66.5 Å². The fourth-order valence-electron chi connectivity index (χ4n) is 4.76. The number of rotatable bonds is 4. The molecule has 0 radical (unpaired) electrons. The molecule has 2 saturated carbocycles. The number of fused-ring (bicyclic) bond motifs is 2. The zero-order chi connectivity index (χ0) is 20.5. The Labute approximate surface area is 174 Å². The second-order valence-electron chi connectivity index (χ2n) is 8.10. The molecule has 0 saturated heterocycles. The van der Waals surface area contributed by atoms with Crippen LogP contribution in [0.15, 0.2) is 60.7 Å². The van der Waals surface area contributed by atoms with Gasteiger partial charge in [0.2, 0.25) is 11.7 Å². The molecule has 2 aliphatic carbocycles. The highest BCUT2D eigenvalue weighted by atomic mass is 16.2. The fraction of sp³-hybridized carbons (Fsp3) is 0.304. The van der Waals surface area contributed by atoms with Gasteiger partial charge in [0.15, 0.2) is 5.82 Å². The van der Waals surface area contributed by atoms with Crippen molar-refractivity contribution in [2.24, 2.45) is 17.8 Å². The summed E-state index contributed by atoms with van der Waals surface area (Å²) in [5.74, 6) is 1.04. The van der Waals surface area contributed by atoms with Gasteiger partial charge in [0.05, 0.1) is 5.69 Å². The number of benzene rings is 2. The van der Waals surface area contributed by atoms with Crippen LogP contribution in [-0.2, 0) is 4.79 Å². The van der Waals surface area contributed by atoms with Crippen LogP contribution >= 0.6 is 0 Å². The van der Waals surface area contributed by atoms with E-state index in [0.29, 0.717) is 17.7 Å². The Balaban J connectivity index is 1.36. The molecule has 152 valence electrons. The van der Waals surface area contributed by atoms with Crippen LogP contribution in [0.5, 0.6) is 0 Å². The van der Waals surface area contributed by atoms with Crippen LogP contribution in [-0.4, -0.2) is 26.6 Å². The third-order valence-electron chi connectivity index (χ3n) is 6.22. The van der Waals surface area contributed by atoms with Crippen molar-refractivity contribution in [1.82, 2.24) is 25.6 Å². The summed E-state index contributed by atoms with van der Waals surface area (Å²) in [6, 6.07) is 19.1. The van der Waals surface area contributed by atoms with Crippen molar-refractivity contribution < 1.29 is 9.59 Å². The minimum atomic E-state index is -0.529. The molecule has 0 aliphatic heterocycles. The third-order valence-corrected chi connectivity index (χ3v) is 6.22. The molecule has 7 heteroatoms. The molecule has 2 N–H and O–H groups in total. The van der Waals surface area contributed by atoms with Gasteiger partial charge in [0, 0.05) is 11.5 Å². The highest BCUT2D eigenvalue weighted by molar-refractivity contribution is 5.93. The van der Waals surface area contributed by atoms with Gasteiger partial charge in [0.25, 0.3) is 0 Å². The molecule has 0 spiro atoms. The third kappa shape index (κ3) is 3.47. The number of nitrogens with zero attached hydrogens (tertiary/aromatic N) is 3. The maximum absolute atomic E-state index is 12.7. The Morgan fingerprint density at radius 1 is 0.900 bits per heavy atom. The molecule has 1 heterocycles. The van der Waals surface area contributed by atoms with Crippen molar-refractivity contribution >= 4 is 11.8 Å². The molecular weight excluding hydrogens is 378 g/mol. The smallest absolute Gasteiger partial charge is 0.273 e. The summed E-state index contributed by atoms with van der Waals surface area (Å²) in [5, 5.41) is 4.41. The van der Waals surface area contributed by atoms with Crippen molar-refractivity contribution in [1.29, 1.82) is 0 Å². The molecule has 7 nitrogen and oxygen atoms in total. The Kier molecular flexibility index (Phi) is 4.78. The highest BCUT2D eigenvalue weighted by Crippen LogP contribution is 2.48. The lowest BCUT2D eigenvalue weighted by molar-refractivity contribution is -0.127. The highest BCUT2D eigenvalue weighted by Gasteiger charge is 2.43. The van der Waals surface area contributed by atoms with Gasteiger partial charge in [0.1, 0.15) is 0 Å². The van der Waals surface area contributed by atoms with Crippen LogP contribution in [0, 0.1) is 17.8 Å². The number of carbonyl (C=O) groups is 2. The van der Waals surface area contributed by atoms with E-state index < -0.39 is 5.91 Å². The molecule has 30 heavy (non-hydrogen) atoms. The van der Waals surface area contributed by atoms with E-state index in [1.54, 1.807) is 4.68 Å². The summed E-state index contributed by atoms with van der Waals surface area (Å²) in [6.07, 6.45) is 4.39. The molecule has 5 rings (SSSR count). The van der Waals surface area contributed by atoms with E-state index in [1.807, 2.05) is 60.7 Å². The monoisotopic (exact) mass is 401 g/mol. The number of amides is 2. The van der Waals surface area contributed by atoms with Gasteiger partial charge >= 0.3 is 5.91 Å². The first-order chi connectivity index (χ1) is 14.7. The van der Waals surface area contributed by atoms with Crippen molar-refractivity contribution in [3.8, 4) is 17.1 Å². The average molecular weight is 401 g/mol. The number of aromatic nitrogens is 3. The lowest BCUT2D eigenvalue weighted by atomic mass is 9.88. The van der Waals surface area contributed by atoms with Gasteiger partial charge in [-0.25, -0.2) is 9.67 Å². The van der Waals surface area contributed by atoms with Crippen LogP contribution in [0.3, 0.4) is 0 Å².